The van der Waals surface area contributed by atoms with Crippen LogP contribution in [-0.2, 0) is 0 Å². The maximum absolute atomic E-state index is 6.06. The van der Waals surface area contributed by atoms with E-state index in [1.54, 1.807) is 12.2 Å². The number of hydrogen-bond acceptors (Lipinski definition) is 2. The van der Waals surface area contributed by atoms with Gasteiger partial charge in [-0.2, -0.15) is 0 Å². The summed E-state index contributed by atoms with van der Waals surface area (Å²) in [4.78, 5) is 0. The van der Waals surface area contributed by atoms with Crippen LogP contribution in [0.5, 0.6) is 11.5 Å². The summed E-state index contributed by atoms with van der Waals surface area (Å²) in [7, 11) is 1.88. The van der Waals surface area contributed by atoms with Crippen molar-refractivity contribution in [2.45, 2.75) is 6.92 Å². The molecule has 0 heterocycles. The molecule has 0 spiro atoms. The second kappa shape index (κ2) is 6.11. The van der Waals surface area contributed by atoms with Crippen LogP contribution in [0.1, 0.15) is 16.7 Å². The Morgan fingerprint density at radius 2 is 1.80 bits per heavy atom. The minimum atomic E-state index is 0.777. The largest absolute Gasteiger partial charge is 0.455 e. The van der Waals surface area contributed by atoms with Crippen LogP contribution in [0.3, 0.4) is 0 Å². The van der Waals surface area contributed by atoms with Gasteiger partial charge in [-0.15, -0.1) is 0 Å². The van der Waals surface area contributed by atoms with Gasteiger partial charge in [0.2, 0.25) is 0 Å². The van der Waals surface area contributed by atoms with Crippen molar-refractivity contribution < 1.29 is 4.74 Å². The Bertz CT molecular complexity index is 644. The lowest BCUT2D eigenvalue weighted by molar-refractivity contribution is 0.483. The summed E-state index contributed by atoms with van der Waals surface area (Å²) in [6.45, 7) is 9.66. The van der Waals surface area contributed by atoms with Gasteiger partial charge >= 0.3 is 0 Å². The number of hydrogen-bond donors (Lipinski definition) is 1. The van der Waals surface area contributed by atoms with E-state index in [-0.39, 0.29) is 0 Å². The quantitative estimate of drug-likeness (QED) is 0.810. The molecule has 2 nitrogen and oxygen atoms in total. The minimum Gasteiger partial charge on any atom is -0.455 e. The summed E-state index contributed by atoms with van der Waals surface area (Å²) in [6.07, 6.45) is 3.59. The molecular formula is C18H19NO. The number of aryl methyl sites for hydroxylation is 1. The molecule has 0 saturated heterocycles. The highest BCUT2D eigenvalue weighted by atomic mass is 16.5. The number of benzene rings is 2. The molecular weight excluding hydrogens is 246 g/mol. The molecule has 0 aliphatic rings. The summed E-state index contributed by atoms with van der Waals surface area (Å²) in [5, 5.41) is 3.14. The average Bonchev–Trinajstić information content (AvgIpc) is 2.47. The van der Waals surface area contributed by atoms with Gasteiger partial charge in [-0.25, -0.2) is 0 Å². The van der Waals surface area contributed by atoms with E-state index in [4.69, 9.17) is 4.74 Å². The van der Waals surface area contributed by atoms with Crippen molar-refractivity contribution >= 4 is 17.8 Å². The third-order valence-corrected chi connectivity index (χ3v) is 3.12. The Balaban J connectivity index is 2.45. The van der Waals surface area contributed by atoms with Crippen LogP contribution in [0.15, 0.2) is 49.6 Å². The Kier molecular flexibility index (Phi) is 4.26. The second-order valence-electron chi connectivity index (χ2n) is 4.56. The van der Waals surface area contributed by atoms with Crippen LogP contribution < -0.4 is 10.1 Å². The highest BCUT2D eigenvalue weighted by molar-refractivity contribution is 5.64. The van der Waals surface area contributed by atoms with Gasteiger partial charge in [-0.05, 0) is 36.2 Å². The Hall–Kier alpha value is -2.48. The molecule has 0 atom stereocenters. The van der Waals surface area contributed by atoms with Gasteiger partial charge in [0.1, 0.15) is 5.75 Å². The van der Waals surface area contributed by atoms with Crippen molar-refractivity contribution in [1.29, 1.82) is 0 Å². The zero-order valence-electron chi connectivity index (χ0n) is 11.9. The third kappa shape index (κ3) is 2.91. The number of nitrogens with one attached hydrogen (secondary N) is 1. The summed E-state index contributed by atoms with van der Waals surface area (Å²) in [5.74, 6) is 1.58. The topological polar surface area (TPSA) is 21.3 Å². The smallest absolute Gasteiger partial charge is 0.150 e. The van der Waals surface area contributed by atoms with Gasteiger partial charge in [-0.3, -0.25) is 0 Å². The van der Waals surface area contributed by atoms with Gasteiger partial charge in [0.05, 0.1) is 5.69 Å². The molecule has 0 radical (unpaired) electrons. The van der Waals surface area contributed by atoms with Crippen molar-refractivity contribution in [1.82, 2.24) is 0 Å². The first kappa shape index (κ1) is 13.9. The predicted molar refractivity (Wildman–Crippen MR) is 87.4 cm³/mol. The lowest BCUT2D eigenvalue weighted by Crippen LogP contribution is -1.95. The summed E-state index contributed by atoms with van der Waals surface area (Å²) >= 11 is 0. The maximum Gasteiger partial charge on any atom is 0.150 e. The zero-order valence-corrected chi connectivity index (χ0v) is 11.9. The van der Waals surface area contributed by atoms with Gasteiger partial charge in [0.15, 0.2) is 5.75 Å². The summed E-state index contributed by atoms with van der Waals surface area (Å²) < 4.78 is 6.06. The molecule has 0 saturated carbocycles. The van der Waals surface area contributed by atoms with Crippen LogP contribution in [0.2, 0.25) is 0 Å². The molecule has 20 heavy (non-hydrogen) atoms. The van der Waals surface area contributed by atoms with Crippen molar-refractivity contribution in [2.24, 2.45) is 0 Å². The van der Waals surface area contributed by atoms with E-state index in [9.17, 15) is 0 Å². The van der Waals surface area contributed by atoms with E-state index in [2.05, 4.69) is 18.5 Å². The van der Waals surface area contributed by atoms with Crippen LogP contribution in [0.4, 0.5) is 5.69 Å². The lowest BCUT2D eigenvalue weighted by Gasteiger charge is -2.14. The third-order valence-electron chi connectivity index (χ3n) is 3.12. The van der Waals surface area contributed by atoms with Gasteiger partial charge in [0.25, 0.3) is 0 Å². The zero-order chi connectivity index (χ0) is 14.5. The fourth-order valence-corrected chi connectivity index (χ4v) is 1.97. The SMILES string of the molecule is C=Cc1ccc(C=C)c(Oc2cc(C)ccc2NC)c1. The van der Waals surface area contributed by atoms with Gasteiger partial charge < -0.3 is 10.1 Å². The van der Waals surface area contributed by atoms with Crippen molar-refractivity contribution in [3.8, 4) is 11.5 Å². The first-order valence-corrected chi connectivity index (χ1v) is 6.53. The molecule has 0 fully saturated rings. The standard InChI is InChI=1S/C18H19NO/c1-5-14-8-9-15(6-2)17(12-14)20-18-11-13(3)7-10-16(18)19-4/h5-12,19H,1-2H2,3-4H3. The van der Waals surface area contributed by atoms with Crippen molar-refractivity contribution in [3.63, 3.8) is 0 Å². The summed E-state index contributed by atoms with van der Waals surface area (Å²) in [6, 6.07) is 12.0. The fraction of sp³-hybridized carbons (Fsp3) is 0.111. The molecule has 0 amide bonds. The van der Waals surface area contributed by atoms with E-state index < -0.39 is 0 Å². The Morgan fingerprint density at radius 1 is 1.00 bits per heavy atom. The molecule has 2 rings (SSSR count). The van der Waals surface area contributed by atoms with Crippen molar-refractivity contribution in [2.75, 3.05) is 12.4 Å². The number of rotatable bonds is 5. The highest BCUT2D eigenvalue weighted by Crippen LogP contribution is 2.33. The summed E-state index contributed by atoms with van der Waals surface area (Å²) in [5.41, 5.74) is 4.08. The molecule has 2 aromatic rings. The molecule has 1 N–H and O–H groups in total. The molecule has 102 valence electrons. The van der Waals surface area contributed by atoms with E-state index in [1.165, 1.54) is 0 Å². The van der Waals surface area contributed by atoms with Crippen LogP contribution in [0.25, 0.3) is 12.2 Å². The molecule has 0 aromatic heterocycles. The molecule has 0 aliphatic heterocycles. The molecule has 0 unspecified atom stereocenters. The predicted octanol–water partition coefficient (Wildman–Crippen LogP) is 5.12. The molecule has 2 aromatic carbocycles. The number of anilines is 1. The first-order chi connectivity index (χ1) is 9.67. The normalized spacial score (nSPS) is 9.90. The number of ether oxygens (including phenoxy) is 1. The van der Waals surface area contributed by atoms with Crippen LogP contribution in [0, 0.1) is 6.92 Å². The van der Waals surface area contributed by atoms with Crippen LogP contribution >= 0.6 is 0 Å². The minimum absolute atomic E-state index is 0.777. The van der Waals surface area contributed by atoms with Crippen molar-refractivity contribution in [3.05, 3.63) is 66.2 Å². The monoisotopic (exact) mass is 265 g/mol. The van der Waals surface area contributed by atoms with Crippen LogP contribution in [-0.4, -0.2) is 7.05 Å². The second-order valence-corrected chi connectivity index (χ2v) is 4.56. The Morgan fingerprint density at radius 3 is 2.45 bits per heavy atom. The van der Waals surface area contributed by atoms with E-state index in [0.717, 1.165) is 33.9 Å². The average molecular weight is 265 g/mol. The van der Waals surface area contributed by atoms with E-state index in [0.29, 0.717) is 0 Å². The molecule has 2 heteroatoms. The van der Waals surface area contributed by atoms with E-state index >= 15 is 0 Å². The van der Waals surface area contributed by atoms with Gasteiger partial charge in [0, 0.05) is 12.6 Å². The maximum atomic E-state index is 6.06. The Labute approximate surface area is 120 Å². The first-order valence-electron chi connectivity index (χ1n) is 6.53. The lowest BCUT2D eigenvalue weighted by atomic mass is 10.1. The molecule has 0 aliphatic carbocycles. The van der Waals surface area contributed by atoms with E-state index in [1.807, 2.05) is 50.4 Å². The molecule has 0 bridgehead atoms. The highest BCUT2D eigenvalue weighted by Gasteiger charge is 2.07. The van der Waals surface area contributed by atoms with Gasteiger partial charge in [-0.1, -0.05) is 43.5 Å². The fourth-order valence-electron chi connectivity index (χ4n) is 1.97.